The number of aromatic nitrogens is 1. The van der Waals surface area contributed by atoms with Gasteiger partial charge in [-0.1, -0.05) is 34.6 Å². The van der Waals surface area contributed by atoms with Gasteiger partial charge in [-0.25, -0.2) is 4.98 Å². The van der Waals surface area contributed by atoms with Crippen molar-refractivity contribution in [3.05, 3.63) is 23.9 Å². The third kappa shape index (κ3) is 3.84. The smallest absolute Gasteiger partial charge is 0.171 e. The Bertz CT molecular complexity index is 391. The van der Waals surface area contributed by atoms with E-state index in [0.717, 1.165) is 6.54 Å². The van der Waals surface area contributed by atoms with E-state index >= 15 is 0 Å². The van der Waals surface area contributed by atoms with Crippen LogP contribution in [-0.2, 0) is 0 Å². The predicted octanol–water partition coefficient (Wildman–Crippen LogP) is 3.38. The zero-order valence-corrected chi connectivity index (χ0v) is 11.4. The molecule has 3 nitrogen and oxygen atoms in total. The molecule has 1 aromatic rings. The lowest BCUT2D eigenvalue weighted by molar-refractivity contribution is 0.0859. The van der Waals surface area contributed by atoms with Gasteiger partial charge < -0.3 is 5.32 Å². The zero-order valence-electron chi connectivity index (χ0n) is 11.4. The molecule has 0 bridgehead atoms. The summed E-state index contributed by atoms with van der Waals surface area (Å²) in [6.07, 6.45) is 1.71. The van der Waals surface area contributed by atoms with Gasteiger partial charge >= 0.3 is 0 Å². The lowest BCUT2D eigenvalue weighted by Gasteiger charge is -2.19. The summed E-state index contributed by atoms with van der Waals surface area (Å²) in [7, 11) is 0. The van der Waals surface area contributed by atoms with Crippen LogP contribution in [0, 0.1) is 11.3 Å². The van der Waals surface area contributed by atoms with E-state index in [-0.39, 0.29) is 11.2 Å². The number of anilines is 1. The molecule has 0 aliphatic rings. The Morgan fingerprint density at radius 3 is 2.59 bits per heavy atom. The molecule has 1 N–H and O–H groups in total. The third-order valence-electron chi connectivity index (χ3n) is 2.41. The van der Waals surface area contributed by atoms with Gasteiger partial charge in [-0.2, -0.15) is 0 Å². The van der Waals surface area contributed by atoms with Crippen LogP contribution in [0.3, 0.4) is 0 Å². The van der Waals surface area contributed by atoms with Crippen LogP contribution in [0.2, 0.25) is 0 Å². The number of nitrogens with one attached hydrogen (secondary N) is 1. The van der Waals surface area contributed by atoms with Gasteiger partial charge in [0.25, 0.3) is 0 Å². The van der Waals surface area contributed by atoms with Gasteiger partial charge in [-0.05, 0) is 18.1 Å². The van der Waals surface area contributed by atoms with E-state index in [1.165, 1.54) is 0 Å². The van der Waals surface area contributed by atoms with Gasteiger partial charge in [0.15, 0.2) is 5.78 Å². The first-order valence-corrected chi connectivity index (χ1v) is 6.06. The second-order valence-corrected chi connectivity index (χ2v) is 5.75. The van der Waals surface area contributed by atoms with E-state index in [1.807, 2.05) is 26.8 Å². The van der Waals surface area contributed by atoms with Gasteiger partial charge in [0.1, 0.15) is 5.82 Å². The van der Waals surface area contributed by atoms with Crippen LogP contribution < -0.4 is 5.32 Å². The topological polar surface area (TPSA) is 42.0 Å². The van der Waals surface area contributed by atoms with Crippen LogP contribution in [0.5, 0.6) is 0 Å². The third-order valence-corrected chi connectivity index (χ3v) is 2.41. The second-order valence-electron chi connectivity index (χ2n) is 5.75. The Morgan fingerprint density at radius 2 is 2.06 bits per heavy atom. The molecule has 3 heteroatoms. The zero-order chi connectivity index (χ0) is 13.1. The van der Waals surface area contributed by atoms with Crippen LogP contribution in [0.15, 0.2) is 18.3 Å². The normalized spacial score (nSPS) is 11.6. The maximum Gasteiger partial charge on any atom is 0.171 e. The molecule has 0 saturated heterocycles. The number of carbonyl (C=O) groups excluding carboxylic acids is 1. The molecule has 0 unspecified atom stereocenters. The summed E-state index contributed by atoms with van der Waals surface area (Å²) in [6, 6.07) is 3.64. The van der Waals surface area contributed by atoms with E-state index in [9.17, 15) is 4.79 Å². The molecular weight excluding hydrogens is 212 g/mol. The first-order chi connectivity index (χ1) is 7.82. The molecule has 0 amide bonds. The molecule has 17 heavy (non-hydrogen) atoms. The minimum absolute atomic E-state index is 0.122. The van der Waals surface area contributed by atoms with Crippen molar-refractivity contribution < 1.29 is 4.79 Å². The van der Waals surface area contributed by atoms with E-state index in [0.29, 0.717) is 17.3 Å². The number of Topliss-reactive ketones (excluding diaryl/α,β-unsaturated/α-hetero) is 1. The fourth-order valence-electron chi connectivity index (χ4n) is 1.43. The fourth-order valence-corrected chi connectivity index (χ4v) is 1.43. The number of ketones is 1. The molecule has 94 valence electrons. The lowest BCUT2D eigenvalue weighted by atomic mass is 9.86. The number of hydrogen-bond acceptors (Lipinski definition) is 3. The van der Waals surface area contributed by atoms with E-state index in [2.05, 4.69) is 24.1 Å². The summed E-state index contributed by atoms with van der Waals surface area (Å²) >= 11 is 0. The molecule has 0 atom stereocenters. The van der Waals surface area contributed by atoms with Crippen LogP contribution in [0.4, 0.5) is 5.82 Å². The molecule has 1 aromatic heterocycles. The van der Waals surface area contributed by atoms with E-state index < -0.39 is 0 Å². The molecule has 0 fully saturated rings. The summed E-state index contributed by atoms with van der Waals surface area (Å²) in [5.41, 5.74) is 0.303. The van der Waals surface area contributed by atoms with Gasteiger partial charge in [-0.3, -0.25) is 4.79 Å². The molecule has 0 saturated carbocycles. The SMILES string of the molecule is CC(C)CNc1ncccc1C(=O)C(C)(C)C. The molecule has 1 heterocycles. The highest BCUT2D eigenvalue weighted by Gasteiger charge is 2.25. The molecule has 1 rings (SSSR count). The number of rotatable bonds is 4. The van der Waals surface area contributed by atoms with Crippen molar-refractivity contribution >= 4 is 11.6 Å². The van der Waals surface area contributed by atoms with Crippen molar-refractivity contribution in [2.24, 2.45) is 11.3 Å². The number of nitrogens with zero attached hydrogens (tertiary/aromatic N) is 1. The Kier molecular flexibility index (Phi) is 4.27. The van der Waals surface area contributed by atoms with Crippen LogP contribution in [-0.4, -0.2) is 17.3 Å². The molecular formula is C14H22N2O. The number of pyridine rings is 1. The fraction of sp³-hybridized carbons (Fsp3) is 0.571. The minimum Gasteiger partial charge on any atom is -0.369 e. The summed E-state index contributed by atoms with van der Waals surface area (Å²) in [5, 5.41) is 3.23. The maximum absolute atomic E-state index is 12.3. The standard InChI is InChI=1S/C14H22N2O/c1-10(2)9-16-13-11(7-6-8-15-13)12(17)14(3,4)5/h6-8,10H,9H2,1-5H3,(H,15,16). The van der Waals surface area contributed by atoms with Gasteiger partial charge in [0.05, 0.1) is 5.56 Å². The van der Waals surface area contributed by atoms with Gasteiger partial charge in [0, 0.05) is 18.2 Å². The average Bonchev–Trinajstić information content (AvgIpc) is 2.24. The Hall–Kier alpha value is -1.38. The first-order valence-electron chi connectivity index (χ1n) is 6.06. The average molecular weight is 234 g/mol. The Balaban J connectivity index is 2.96. The van der Waals surface area contributed by atoms with Crippen molar-refractivity contribution in [2.75, 3.05) is 11.9 Å². The number of carbonyl (C=O) groups is 1. The quantitative estimate of drug-likeness (QED) is 0.812. The molecule has 0 aliphatic carbocycles. The predicted molar refractivity (Wildman–Crippen MR) is 71.4 cm³/mol. The lowest BCUT2D eigenvalue weighted by Crippen LogP contribution is -2.22. The largest absolute Gasteiger partial charge is 0.369 e. The highest BCUT2D eigenvalue weighted by Crippen LogP contribution is 2.24. The molecule has 0 aromatic carbocycles. The first kappa shape index (κ1) is 13.7. The highest BCUT2D eigenvalue weighted by atomic mass is 16.1. The highest BCUT2D eigenvalue weighted by molar-refractivity contribution is 6.03. The Morgan fingerprint density at radius 1 is 1.41 bits per heavy atom. The van der Waals surface area contributed by atoms with Crippen molar-refractivity contribution in [1.82, 2.24) is 4.98 Å². The molecule has 0 aliphatic heterocycles. The van der Waals surface area contributed by atoms with Crippen molar-refractivity contribution in [3.8, 4) is 0 Å². The van der Waals surface area contributed by atoms with Crippen LogP contribution in [0.1, 0.15) is 45.0 Å². The Labute approximate surface area is 104 Å². The van der Waals surface area contributed by atoms with E-state index in [4.69, 9.17) is 0 Å². The number of hydrogen-bond donors (Lipinski definition) is 1. The monoisotopic (exact) mass is 234 g/mol. The van der Waals surface area contributed by atoms with Crippen LogP contribution >= 0.6 is 0 Å². The van der Waals surface area contributed by atoms with Gasteiger partial charge in [-0.15, -0.1) is 0 Å². The summed E-state index contributed by atoms with van der Waals surface area (Å²) in [4.78, 5) is 16.5. The maximum atomic E-state index is 12.3. The summed E-state index contributed by atoms with van der Waals surface area (Å²) < 4.78 is 0. The summed E-state index contributed by atoms with van der Waals surface area (Å²) in [6.45, 7) is 10.8. The summed E-state index contributed by atoms with van der Waals surface area (Å²) in [5.74, 6) is 1.34. The van der Waals surface area contributed by atoms with E-state index in [1.54, 1.807) is 12.3 Å². The van der Waals surface area contributed by atoms with Gasteiger partial charge in [0.2, 0.25) is 0 Å². The van der Waals surface area contributed by atoms with Crippen molar-refractivity contribution in [2.45, 2.75) is 34.6 Å². The van der Waals surface area contributed by atoms with Crippen LogP contribution in [0.25, 0.3) is 0 Å². The molecule has 0 radical (unpaired) electrons. The van der Waals surface area contributed by atoms with Crippen molar-refractivity contribution in [3.63, 3.8) is 0 Å². The van der Waals surface area contributed by atoms with Crippen molar-refractivity contribution in [1.29, 1.82) is 0 Å². The molecule has 0 spiro atoms. The minimum atomic E-state index is -0.378. The second kappa shape index (κ2) is 5.30.